The highest BCUT2D eigenvalue weighted by Crippen LogP contribution is 2.33. The lowest BCUT2D eigenvalue weighted by Crippen LogP contribution is -2.38. The molecule has 39 heavy (non-hydrogen) atoms. The lowest BCUT2D eigenvalue weighted by atomic mass is 9.96. The number of likely N-dealkylation sites (N-methyl/N-ethyl adjacent to an activating group) is 1. The van der Waals surface area contributed by atoms with Gasteiger partial charge in [-0.1, -0.05) is 54.6 Å². The van der Waals surface area contributed by atoms with Gasteiger partial charge in [0.1, 0.15) is 24.0 Å². The van der Waals surface area contributed by atoms with Crippen LogP contribution in [0.4, 0.5) is 13.2 Å². The molecule has 2 unspecified atom stereocenters. The van der Waals surface area contributed by atoms with E-state index < -0.39 is 18.2 Å². The van der Waals surface area contributed by atoms with Crippen molar-refractivity contribution in [2.24, 2.45) is 0 Å². The SMILES string of the molecule is COc1ccc(OC(C(=O)OC2CC[N+](C)(C)C2)c2ccccc2-c2ccccc2)cc1.O=C([O-])C(F)(F)F. The van der Waals surface area contributed by atoms with Gasteiger partial charge in [0.05, 0.1) is 27.7 Å². The van der Waals surface area contributed by atoms with E-state index in [1.807, 2.05) is 66.7 Å². The quantitative estimate of drug-likeness (QED) is 0.327. The Hall–Kier alpha value is -4.05. The molecule has 10 heteroatoms. The fraction of sp³-hybridized carbons (Fsp3) is 0.310. The molecule has 1 aliphatic rings. The summed E-state index contributed by atoms with van der Waals surface area (Å²) < 4.78 is 49.9. The number of likely N-dealkylation sites (tertiary alicyclic amines) is 1. The van der Waals surface area contributed by atoms with E-state index in [0.717, 1.165) is 46.4 Å². The van der Waals surface area contributed by atoms with Gasteiger partial charge in [-0.25, -0.2) is 4.79 Å². The number of hydrogen-bond donors (Lipinski definition) is 0. The number of carbonyl (C=O) groups is 2. The number of quaternary nitrogens is 1. The first-order valence-electron chi connectivity index (χ1n) is 12.2. The number of alkyl halides is 3. The number of carboxylic acid groups (broad SMARTS) is 1. The molecule has 0 spiro atoms. The molecule has 3 aromatic rings. The number of carboxylic acids is 1. The number of hydrogen-bond acceptors (Lipinski definition) is 6. The van der Waals surface area contributed by atoms with E-state index >= 15 is 0 Å². The monoisotopic (exact) mass is 545 g/mol. The summed E-state index contributed by atoms with van der Waals surface area (Å²) in [6.45, 7) is 1.80. The van der Waals surface area contributed by atoms with Crippen LogP contribution in [0.2, 0.25) is 0 Å². The lowest BCUT2D eigenvalue weighted by molar-refractivity contribution is -0.879. The third-order valence-electron chi connectivity index (χ3n) is 6.12. The molecule has 0 amide bonds. The van der Waals surface area contributed by atoms with Gasteiger partial charge in [-0.3, -0.25) is 0 Å². The van der Waals surface area contributed by atoms with Crippen LogP contribution in [0.3, 0.4) is 0 Å². The Bertz CT molecular complexity index is 1250. The standard InChI is InChI=1S/C27H30NO4.C2HF3O2/c1-28(2)18-17-23(19-28)32-27(29)26(31-22-15-13-21(30-3)14-16-22)25-12-8-7-11-24(25)20-9-5-4-6-10-20;3-2(4,5)1(6)7/h4-16,23,26H,17-19H2,1-3H3;(H,6,7)/q+1;/p-1. The third kappa shape index (κ3) is 8.47. The smallest absolute Gasteiger partial charge is 0.430 e. The van der Waals surface area contributed by atoms with E-state index in [-0.39, 0.29) is 12.1 Å². The molecule has 3 aromatic carbocycles. The molecule has 208 valence electrons. The van der Waals surface area contributed by atoms with Crippen LogP contribution in [0.25, 0.3) is 11.1 Å². The van der Waals surface area contributed by atoms with E-state index in [9.17, 15) is 18.0 Å². The average Bonchev–Trinajstić information content (AvgIpc) is 3.25. The van der Waals surface area contributed by atoms with Crippen LogP contribution in [0.5, 0.6) is 11.5 Å². The van der Waals surface area contributed by atoms with Crippen molar-refractivity contribution in [3.05, 3.63) is 84.4 Å². The first-order valence-corrected chi connectivity index (χ1v) is 12.2. The van der Waals surface area contributed by atoms with E-state index in [4.69, 9.17) is 24.1 Å². The third-order valence-corrected chi connectivity index (χ3v) is 6.12. The van der Waals surface area contributed by atoms with E-state index in [0.29, 0.717) is 5.75 Å². The molecule has 1 heterocycles. The maximum absolute atomic E-state index is 13.4. The van der Waals surface area contributed by atoms with Crippen LogP contribution in [0.1, 0.15) is 18.1 Å². The molecule has 0 aliphatic carbocycles. The van der Waals surface area contributed by atoms with Crippen LogP contribution < -0.4 is 14.6 Å². The highest BCUT2D eigenvalue weighted by Gasteiger charge is 2.36. The molecule has 7 nitrogen and oxygen atoms in total. The van der Waals surface area contributed by atoms with E-state index in [1.165, 1.54) is 0 Å². The van der Waals surface area contributed by atoms with Gasteiger partial charge in [-0.15, -0.1) is 0 Å². The van der Waals surface area contributed by atoms with Gasteiger partial charge in [-0.2, -0.15) is 13.2 Å². The average molecular weight is 546 g/mol. The van der Waals surface area contributed by atoms with Crippen LogP contribution in [-0.4, -0.2) is 63.0 Å². The largest absolute Gasteiger partial charge is 0.542 e. The number of esters is 1. The molecule has 0 radical (unpaired) electrons. The maximum Gasteiger partial charge on any atom is 0.430 e. The van der Waals surface area contributed by atoms with Crippen molar-refractivity contribution < 1.29 is 46.6 Å². The topological polar surface area (TPSA) is 84.9 Å². The van der Waals surface area contributed by atoms with Gasteiger partial charge in [0.25, 0.3) is 0 Å². The summed E-state index contributed by atoms with van der Waals surface area (Å²) in [5, 5.41) is 8.78. The van der Waals surface area contributed by atoms with Crippen molar-refractivity contribution >= 4 is 11.9 Å². The number of methoxy groups -OCH3 is 1. The van der Waals surface area contributed by atoms with Gasteiger partial charge in [0.2, 0.25) is 6.10 Å². The molecule has 1 fully saturated rings. The zero-order valence-corrected chi connectivity index (χ0v) is 21.8. The van der Waals surface area contributed by atoms with Crippen molar-refractivity contribution in [1.82, 2.24) is 0 Å². The highest BCUT2D eigenvalue weighted by molar-refractivity contribution is 5.81. The Morgan fingerprint density at radius 2 is 1.49 bits per heavy atom. The Morgan fingerprint density at radius 1 is 0.923 bits per heavy atom. The summed E-state index contributed by atoms with van der Waals surface area (Å²) >= 11 is 0. The van der Waals surface area contributed by atoms with Gasteiger partial charge >= 0.3 is 12.1 Å². The highest BCUT2D eigenvalue weighted by atomic mass is 19.4. The van der Waals surface area contributed by atoms with Crippen molar-refractivity contribution in [1.29, 1.82) is 0 Å². The van der Waals surface area contributed by atoms with E-state index in [2.05, 4.69) is 14.1 Å². The Balaban J connectivity index is 0.000000532. The molecule has 0 saturated carbocycles. The van der Waals surface area contributed by atoms with E-state index in [1.54, 1.807) is 19.2 Å². The molecule has 0 aromatic heterocycles. The summed E-state index contributed by atoms with van der Waals surface area (Å²) in [6.07, 6.45) is -5.33. The molecule has 4 rings (SSSR count). The summed E-state index contributed by atoms with van der Waals surface area (Å²) in [6, 6.07) is 25.1. The molecule has 0 N–H and O–H groups in total. The van der Waals surface area contributed by atoms with Crippen molar-refractivity contribution in [3.8, 4) is 22.6 Å². The first kappa shape index (κ1) is 29.5. The second-order valence-corrected chi connectivity index (χ2v) is 9.60. The van der Waals surface area contributed by atoms with Crippen molar-refractivity contribution in [2.45, 2.75) is 24.8 Å². The van der Waals surface area contributed by atoms with Gasteiger partial charge in [0, 0.05) is 12.0 Å². The van der Waals surface area contributed by atoms with Crippen LogP contribution in [0.15, 0.2) is 78.9 Å². The van der Waals surface area contributed by atoms with Crippen LogP contribution in [-0.2, 0) is 14.3 Å². The summed E-state index contributed by atoms with van der Waals surface area (Å²) in [4.78, 5) is 22.2. The molecular formula is C29H30F3NO6. The molecule has 1 saturated heterocycles. The summed E-state index contributed by atoms with van der Waals surface area (Å²) in [5.74, 6) is -2.06. The molecule has 0 bridgehead atoms. The van der Waals surface area contributed by atoms with Crippen LogP contribution >= 0.6 is 0 Å². The van der Waals surface area contributed by atoms with Crippen LogP contribution in [0, 0.1) is 0 Å². The number of rotatable bonds is 7. The number of benzene rings is 3. The Morgan fingerprint density at radius 3 is 2.03 bits per heavy atom. The first-order chi connectivity index (χ1) is 18.4. The number of carbonyl (C=O) groups excluding carboxylic acids is 2. The number of aliphatic carboxylic acids is 1. The zero-order chi connectivity index (χ0) is 28.6. The fourth-order valence-electron chi connectivity index (χ4n) is 4.18. The Labute approximate surface area is 224 Å². The molecular weight excluding hydrogens is 515 g/mol. The second-order valence-electron chi connectivity index (χ2n) is 9.60. The minimum absolute atomic E-state index is 0.108. The fourth-order valence-corrected chi connectivity index (χ4v) is 4.18. The number of halogens is 3. The van der Waals surface area contributed by atoms with Gasteiger partial charge in [-0.05, 0) is 35.4 Å². The normalized spacial score (nSPS) is 16.8. The zero-order valence-electron chi connectivity index (χ0n) is 21.8. The summed E-state index contributed by atoms with van der Waals surface area (Å²) in [7, 11) is 5.93. The maximum atomic E-state index is 13.4. The molecule has 2 atom stereocenters. The molecule has 1 aliphatic heterocycles. The predicted octanol–water partition coefficient (Wildman–Crippen LogP) is 4.17. The summed E-state index contributed by atoms with van der Waals surface area (Å²) in [5.41, 5.74) is 2.76. The minimum atomic E-state index is -5.19. The number of nitrogens with zero attached hydrogens (tertiary/aromatic N) is 1. The number of ether oxygens (including phenoxy) is 3. The lowest BCUT2D eigenvalue weighted by Gasteiger charge is -2.25. The minimum Gasteiger partial charge on any atom is -0.542 e. The predicted molar refractivity (Wildman–Crippen MR) is 136 cm³/mol. The second kappa shape index (κ2) is 12.7. The van der Waals surface area contributed by atoms with Crippen molar-refractivity contribution in [3.63, 3.8) is 0 Å². The van der Waals surface area contributed by atoms with Crippen molar-refractivity contribution in [2.75, 3.05) is 34.3 Å². The van der Waals surface area contributed by atoms with Gasteiger partial charge < -0.3 is 28.6 Å². The Kier molecular flexibility index (Phi) is 9.58. The van der Waals surface area contributed by atoms with Gasteiger partial charge in [0.15, 0.2) is 6.10 Å².